The molecule has 44 heavy (non-hydrogen) atoms. The van der Waals surface area contributed by atoms with Gasteiger partial charge in [0.15, 0.2) is 5.82 Å². The zero-order valence-corrected chi connectivity index (χ0v) is 24.3. The number of nitrogens with zero attached hydrogens (tertiary/aromatic N) is 4. The lowest BCUT2D eigenvalue weighted by Crippen LogP contribution is -2.37. The third-order valence-electron chi connectivity index (χ3n) is 6.89. The molecule has 1 saturated heterocycles. The van der Waals surface area contributed by atoms with Crippen LogP contribution in [0.25, 0.3) is 21.9 Å². The predicted molar refractivity (Wildman–Crippen MR) is 154 cm³/mol. The van der Waals surface area contributed by atoms with Gasteiger partial charge < -0.3 is 24.1 Å². The first kappa shape index (κ1) is 30.2. The fraction of sp³-hybridized carbons (Fsp3) is 0.379. The number of carbonyl (C=O) groups is 3. The molecule has 2 aliphatic rings. The zero-order chi connectivity index (χ0) is 31.8. The van der Waals surface area contributed by atoms with Gasteiger partial charge >= 0.3 is 18.3 Å². The predicted octanol–water partition coefficient (Wildman–Crippen LogP) is 5.06. The molecule has 5 rings (SSSR count). The molecule has 0 radical (unpaired) electrons. The van der Waals surface area contributed by atoms with E-state index in [-0.39, 0.29) is 66.0 Å². The van der Waals surface area contributed by atoms with Gasteiger partial charge in [0.1, 0.15) is 35.7 Å². The molecule has 4 heterocycles. The number of amides is 3. The number of nitrogens with one attached hydrogen (secondary N) is 2. The molecule has 2 aromatic heterocycles. The summed E-state index contributed by atoms with van der Waals surface area (Å²) in [6.45, 7) is 6.98. The molecule has 3 amide bonds. The quantitative estimate of drug-likeness (QED) is 0.360. The van der Waals surface area contributed by atoms with E-state index in [1.165, 1.54) is 24.5 Å². The topological polar surface area (TPSA) is 185 Å². The lowest BCUT2D eigenvalue weighted by Gasteiger charge is -2.29. The molecule has 2 unspecified atom stereocenters. The molecular formula is C29H29FN6O8. The summed E-state index contributed by atoms with van der Waals surface area (Å²) in [7, 11) is 0. The van der Waals surface area contributed by atoms with Crippen molar-refractivity contribution in [1.82, 2.24) is 9.97 Å². The Kier molecular flexibility index (Phi) is 8.11. The number of benzene rings is 1. The molecular weight excluding hydrogens is 579 g/mol. The van der Waals surface area contributed by atoms with Crippen LogP contribution in [-0.2, 0) is 14.2 Å². The molecule has 0 spiro atoms. The number of fused-ring (bicyclic) bond motifs is 2. The van der Waals surface area contributed by atoms with Crippen molar-refractivity contribution in [2.75, 3.05) is 41.9 Å². The van der Waals surface area contributed by atoms with Crippen LogP contribution in [-0.4, -0.2) is 71.4 Å². The first-order valence-electron chi connectivity index (χ1n) is 13.6. The van der Waals surface area contributed by atoms with E-state index in [0.29, 0.717) is 10.9 Å². The lowest BCUT2D eigenvalue weighted by molar-refractivity contribution is 0.0635. The van der Waals surface area contributed by atoms with E-state index in [1.807, 2.05) is 6.07 Å². The third-order valence-corrected chi connectivity index (χ3v) is 6.89. The molecule has 2 aliphatic heterocycles. The molecule has 2 atom stereocenters. The smallest absolute Gasteiger partial charge is 0.413 e. The molecule has 14 nitrogen and oxygen atoms in total. The average Bonchev–Trinajstić information content (AvgIpc) is 3.40. The number of hydrogen-bond acceptors (Lipinski definition) is 10. The van der Waals surface area contributed by atoms with Crippen LogP contribution in [0.2, 0.25) is 0 Å². The van der Waals surface area contributed by atoms with Gasteiger partial charge in [-0.15, -0.1) is 0 Å². The lowest BCUT2D eigenvalue weighted by atomic mass is 9.96. The number of ether oxygens (including phenoxy) is 4. The number of anilines is 3. The van der Waals surface area contributed by atoms with Crippen LogP contribution in [0.3, 0.4) is 0 Å². The van der Waals surface area contributed by atoms with E-state index in [4.69, 9.17) is 18.9 Å². The van der Waals surface area contributed by atoms with Gasteiger partial charge in [0.05, 0.1) is 31.5 Å². The van der Waals surface area contributed by atoms with Crippen molar-refractivity contribution in [2.45, 2.75) is 39.4 Å². The van der Waals surface area contributed by atoms with E-state index >= 15 is 4.39 Å². The molecule has 1 fully saturated rings. The maximum Gasteiger partial charge on any atom is 0.413 e. The Morgan fingerprint density at radius 1 is 1.14 bits per heavy atom. The Morgan fingerprint density at radius 3 is 2.61 bits per heavy atom. The van der Waals surface area contributed by atoms with Gasteiger partial charge in [-0.2, -0.15) is 5.26 Å². The second-order valence-corrected chi connectivity index (χ2v) is 11.1. The Bertz CT molecular complexity index is 1700. The van der Waals surface area contributed by atoms with Crippen LogP contribution >= 0.6 is 0 Å². The van der Waals surface area contributed by atoms with E-state index in [0.717, 1.165) is 4.90 Å². The summed E-state index contributed by atoms with van der Waals surface area (Å²) in [5, 5.41) is 24.5. The largest absolute Gasteiger partial charge is 0.474 e. The summed E-state index contributed by atoms with van der Waals surface area (Å²) >= 11 is 0. The van der Waals surface area contributed by atoms with E-state index < -0.39 is 41.7 Å². The van der Waals surface area contributed by atoms with Gasteiger partial charge in [0.25, 0.3) is 0 Å². The van der Waals surface area contributed by atoms with Crippen molar-refractivity contribution in [1.29, 1.82) is 5.26 Å². The van der Waals surface area contributed by atoms with E-state index in [2.05, 4.69) is 20.6 Å². The second kappa shape index (κ2) is 11.8. The Morgan fingerprint density at radius 2 is 1.91 bits per heavy atom. The van der Waals surface area contributed by atoms with Gasteiger partial charge in [0.2, 0.25) is 5.88 Å². The van der Waals surface area contributed by atoms with Crippen LogP contribution in [0.15, 0.2) is 24.5 Å². The SMILES string of the molecule is Cc1c(-c2cc3cc(NC(=O)OC4COCC4C#N)ncc3c(NC(=O)OC(C)(C)C)c2F)cnc2c1N(C(=O)O)CCO2. The summed E-state index contributed by atoms with van der Waals surface area (Å²) in [6.07, 6.45) is -1.14. The van der Waals surface area contributed by atoms with Gasteiger partial charge in [0, 0.05) is 28.9 Å². The van der Waals surface area contributed by atoms with Gasteiger partial charge in [-0.25, -0.2) is 28.7 Å². The fourth-order valence-electron chi connectivity index (χ4n) is 4.91. The summed E-state index contributed by atoms with van der Waals surface area (Å²) in [6, 6.07) is 4.94. The minimum atomic E-state index is -1.22. The average molecular weight is 609 g/mol. The first-order chi connectivity index (χ1) is 20.9. The molecule has 1 aromatic carbocycles. The Balaban J connectivity index is 1.58. The molecule has 3 N–H and O–H groups in total. The number of carboxylic acid groups (broad SMARTS) is 1. The minimum Gasteiger partial charge on any atom is -0.474 e. The Labute approximate surface area is 250 Å². The number of rotatable bonds is 4. The van der Waals surface area contributed by atoms with Crippen molar-refractivity contribution in [3.05, 3.63) is 35.9 Å². The van der Waals surface area contributed by atoms with Crippen LogP contribution in [0.5, 0.6) is 5.88 Å². The van der Waals surface area contributed by atoms with Crippen LogP contribution < -0.4 is 20.3 Å². The number of hydrogen-bond donors (Lipinski definition) is 3. The van der Waals surface area contributed by atoms with Crippen molar-refractivity contribution in [3.8, 4) is 23.1 Å². The van der Waals surface area contributed by atoms with E-state index in [9.17, 15) is 24.8 Å². The van der Waals surface area contributed by atoms with Crippen LogP contribution in [0.1, 0.15) is 26.3 Å². The van der Waals surface area contributed by atoms with Crippen molar-refractivity contribution in [3.63, 3.8) is 0 Å². The normalized spacial score (nSPS) is 17.7. The standard InChI is InChI=1S/C29H29FN6O8/c1-14-18(10-33-25-24(14)36(28(39)40)5-6-42-25)17-7-15-8-21(34-26(37)43-20-13-41-12-16(20)9-31)32-11-19(15)23(22(17)30)35-27(38)44-29(2,3)4/h7-8,10-11,16,20H,5-6,12-13H2,1-4H3,(H,35,38)(H,39,40)(H,32,34,37). The maximum atomic E-state index is 16.3. The summed E-state index contributed by atoms with van der Waals surface area (Å²) in [5.41, 5.74) is -0.364. The molecule has 15 heteroatoms. The number of halogens is 1. The number of carbonyl (C=O) groups excluding carboxylic acids is 2. The summed E-state index contributed by atoms with van der Waals surface area (Å²) in [4.78, 5) is 46.8. The number of aromatic nitrogens is 2. The second-order valence-electron chi connectivity index (χ2n) is 11.1. The molecule has 0 saturated carbocycles. The number of nitriles is 1. The van der Waals surface area contributed by atoms with Gasteiger partial charge in [-0.3, -0.25) is 15.5 Å². The van der Waals surface area contributed by atoms with Gasteiger partial charge in [-0.05, 0) is 50.8 Å². The highest BCUT2D eigenvalue weighted by Gasteiger charge is 2.32. The minimum absolute atomic E-state index is 0.0213. The highest BCUT2D eigenvalue weighted by molar-refractivity contribution is 6.04. The molecule has 3 aromatic rings. The monoisotopic (exact) mass is 608 g/mol. The highest BCUT2D eigenvalue weighted by Crippen LogP contribution is 2.42. The molecule has 0 aliphatic carbocycles. The fourth-order valence-corrected chi connectivity index (χ4v) is 4.91. The summed E-state index contributed by atoms with van der Waals surface area (Å²) in [5.74, 6) is -1.32. The van der Waals surface area contributed by atoms with Crippen LogP contribution in [0.4, 0.5) is 36.0 Å². The number of pyridine rings is 2. The van der Waals surface area contributed by atoms with Crippen molar-refractivity contribution in [2.24, 2.45) is 5.92 Å². The zero-order valence-electron chi connectivity index (χ0n) is 24.3. The Hall–Kier alpha value is -5.23. The molecule has 0 bridgehead atoms. The van der Waals surface area contributed by atoms with Gasteiger partial charge in [-0.1, -0.05) is 0 Å². The third kappa shape index (κ3) is 6.11. The van der Waals surface area contributed by atoms with Crippen molar-refractivity contribution < 1.29 is 42.8 Å². The van der Waals surface area contributed by atoms with E-state index in [1.54, 1.807) is 27.7 Å². The first-order valence-corrected chi connectivity index (χ1v) is 13.6. The van der Waals surface area contributed by atoms with Crippen molar-refractivity contribution >= 4 is 46.2 Å². The maximum absolute atomic E-state index is 16.3. The summed E-state index contributed by atoms with van der Waals surface area (Å²) < 4.78 is 37.8. The van der Waals surface area contributed by atoms with Crippen LogP contribution in [0, 0.1) is 30.0 Å². The molecule has 230 valence electrons. The highest BCUT2D eigenvalue weighted by atomic mass is 19.1.